The molecule has 6 heteroatoms. The standard InChI is InChI=1S/C22H19N3O3/c1-13-17(11-15-10-16(27-3)8-9-18(15)23-13)22(26)28-12-21-14(2)24-19-6-4-5-7-20(19)25-21/h4-11H,12H2,1-3H3. The number of nitrogens with zero attached hydrogens (tertiary/aromatic N) is 3. The van der Waals surface area contributed by atoms with E-state index in [1.807, 2.05) is 49.4 Å². The number of para-hydroxylation sites is 2. The molecule has 4 rings (SSSR count). The fourth-order valence-corrected chi connectivity index (χ4v) is 3.06. The number of pyridine rings is 1. The maximum absolute atomic E-state index is 12.7. The van der Waals surface area contributed by atoms with Crippen LogP contribution in [0.2, 0.25) is 0 Å². The van der Waals surface area contributed by atoms with Gasteiger partial charge in [0.1, 0.15) is 12.4 Å². The van der Waals surface area contributed by atoms with E-state index in [9.17, 15) is 4.79 Å². The van der Waals surface area contributed by atoms with Gasteiger partial charge in [-0.2, -0.15) is 0 Å². The highest BCUT2D eigenvalue weighted by atomic mass is 16.5. The van der Waals surface area contributed by atoms with Crippen LogP contribution in [-0.2, 0) is 11.3 Å². The SMILES string of the molecule is COc1ccc2nc(C)c(C(=O)OCc3nc4ccccc4nc3C)cc2c1. The van der Waals surface area contributed by atoms with Crippen LogP contribution in [0.5, 0.6) is 5.75 Å². The molecule has 140 valence electrons. The molecule has 0 radical (unpaired) electrons. The number of aromatic nitrogens is 3. The normalized spacial score (nSPS) is 11.0. The molecule has 0 bridgehead atoms. The Labute approximate surface area is 162 Å². The predicted octanol–water partition coefficient (Wildman–Crippen LogP) is 4.16. The van der Waals surface area contributed by atoms with E-state index in [0.29, 0.717) is 22.7 Å². The second kappa shape index (κ2) is 7.23. The average molecular weight is 373 g/mol. The largest absolute Gasteiger partial charge is 0.497 e. The maximum atomic E-state index is 12.7. The molecule has 4 aromatic rings. The molecule has 0 aliphatic heterocycles. The van der Waals surface area contributed by atoms with Crippen LogP contribution in [0.4, 0.5) is 0 Å². The molecule has 2 aromatic heterocycles. The van der Waals surface area contributed by atoms with Crippen molar-refractivity contribution >= 4 is 27.9 Å². The predicted molar refractivity (Wildman–Crippen MR) is 106 cm³/mol. The summed E-state index contributed by atoms with van der Waals surface area (Å²) in [5.41, 5.74) is 4.81. The van der Waals surface area contributed by atoms with Gasteiger partial charge in [-0.05, 0) is 50.2 Å². The summed E-state index contributed by atoms with van der Waals surface area (Å²) in [4.78, 5) is 26.3. The third-order valence-electron chi connectivity index (χ3n) is 4.62. The van der Waals surface area contributed by atoms with Gasteiger partial charge in [0.25, 0.3) is 0 Å². The molecule has 2 heterocycles. The van der Waals surface area contributed by atoms with E-state index in [-0.39, 0.29) is 6.61 Å². The number of carbonyl (C=O) groups excluding carboxylic acids is 1. The fourth-order valence-electron chi connectivity index (χ4n) is 3.06. The van der Waals surface area contributed by atoms with E-state index >= 15 is 0 Å². The minimum Gasteiger partial charge on any atom is -0.497 e. The van der Waals surface area contributed by atoms with Crippen LogP contribution in [-0.4, -0.2) is 28.0 Å². The Morgan fingerprint density at radius 2 is 1.61 bits per heavy atom. The summed E-state index contributed by atoms with van der Waals surface area (Å²) < 4.78 is 10.8. The van der Waals surface area contributed by atoms with Gasteiger partial charge in [-0.3, -0.25) is 4.98 Å². The molecule has 0 aliphatic carbocycles. The molecule has 0 saturated heterocycles. The van der Waals surface area contributed by atoms with E-state index in [1.54, 1.807) is 20.1 Å². The lowest BCUT2D eigenvalue weighted by Crippen LogP contribution is -2.10. The fraction of sp³-hybridized carbons (Fsp3) is 0.182. The first-order chi connectivity index (χ1) is 13.5. The number of ether oxygens (including phenoxy) is 2. The second-order valence-electron chi connectivity index (χ2n) is 6.50. The van der Waals surface area contributed by atoms with Crippen LogP contribution >= 0.6 is 0 Å². The molecule has 0 fully saturated rings. The maximum Gasteiger partial charge on any atom is 0.340 e. The van der Waals surface area contributed by atoms with Crippen molar-refractivity contribution in [2.45, 2.75) is 20.5 Å². The molecule has 0 N–H and O–H groups in total. The summed E-state index contributed by atoms with van der Waals surface area (Å²) in [6.45, 7) is 3.71. The lowest BCUT2D eigenvalue weighted by atomic mass is 10.1. The van der Waals surface area contributed by atoms with Crippen molar-refractivity contribution in [1.82, 2.24) is 15.0 Å². The van der Waals surface area contributed by atoms with Crippen molar-refractivity contribution in [3.05, 3.63) is 71.2 Å². The van der Waals surface area contributed by atoms with Crippen molar-refractivity contribution in [2.24, 2.45) is 0 Å². The zero-order valence-corrected chi connectivity index (χ0v) is 15.9. The number of aryl methyl sites for hydroxylation is 2. The summed E-state index contributed by atoms with van der Waals surface area (Å²) in [7, 11) is 1.60. The molecule has 0 amide bonds. The zero-order valence-electron chi connectivity index (χ0n) is 15.9. The van der Waals surface area contributed by atoms with Gasteiger partial charge in [0.2, 0.25) is 0 Å². The number of methoxy groups -OCH3 is 1. The Hall–Kier alpha value is -3.54. The van der Waals surface area contributed by atoms with Crippen LogP contribution in [0.1, 0.15) is 27.4 Å². The summed E-state index contributed by atoms with van der Waals surface area (Å²) in [6, 6.07) is 14.9. The molecule has 2 aromatic carbocycles. The third kappa shape index (κ3) is 3.36. The van der Waals surface area contributed by atoms with Crippen molar-refractivity contribution in [2.75, 3.05) is 7.11 Å². The zero-order chi connectivity index (χ0) is 19.7. The van der Waals surface area contributed by atoms with Gasteiger partial charge in [0.15, 0.2) is 0 Å². The number of esters is 1. The average Bonchev–Trinajstić information content (AvgIpc) is 2.71. The van der Waals surface area contributed by atoms with Crippen LogP contribution < -0.4 is 4.74 Å². The quantitative estimate of drug-likeness (QED) is 0.500. The van der Waals surface area contributed by atoms with Gasteiger partial charge in [-0.15, -0.1) is 0 Å². The van der Waals surface area contributed by atoms with Crippen molar-refractivity contribution in [3.8, 4) is 5.75 Å². The Balaban J connectivity index is 1.60. The highest BCUT2D eigenvalue weighted by Crippen LogP contribution is 2.23. The highest BCUT2D eigenvalue weighted by molar-refractivity contribution is 5.95. The molecule has 0 aliphatic rings. The first kappa shape index (κ1) is 17.9. The molecule has 28 heavy (non-hydrogen) atoms. The Bertz CT molecular complexity index is 1200. The van der Waals surface area contributed by atoms with E-state index in [4.69, 9.17) is 9.47 Å². The van der Waals surface area contributed by atoms with Crippen LogP contribution in [0, 0.1) is 13.8 Å². The lowest BCUT2D eigenvalue weighted by molar-refractivity contribution is 0.0466. The summed E-state index contributed by atoms with van der Waals surface area (Å²) in [5.74, 6) is 0.267. The molecular weight excluding hydrogens is 354 g/mol. The monoisotopic (exact) mass is 373 g/mol. The summed E-state index contributed by atoms with van der Waals surface area (Å²) >= 11 is 0. The van der Waals surface area contributed by atoms with Gasteiger partial charge in [0.05, 0.1) is 46.3 Å². The Kier molecular flexibility index (Phi) is 4.61. The van der Waals surface area contributed by atoms with Crippen molar-refractivity contribution < 1.29 is 14.3 Å². The molecule has 0 saturated carbocycles. The van der Waals surface area contributed by atoms with Gasteiger partial charge in [0, 0.05) is 5.39 Å². The van der Waals surface area contributed by atoms with Gasteiger partial charge < -0.3 is 9.47 Å². The molecular formula is C22H19N3O3. The van der Waals surface area contributed by atoms with Crippen LogP contribution in [0.25, 0.3) is 21.9 Å². The first-order valence-corrected chi connectivity index (χ1v) is 8.90. The molecule has 0 unspecified atom stereocenters. The lowest BCUT2D eigenvalue weighted by Gasteiger charge is -2.10. The topological polar surface area (TPSA) is 74.2 Å². The number of carbonyl (C=O) groups is 1. The van der Waals surface area contributed by atoms with Crippen molar-refractivity contribution in [3.63, 3.8) is 0 Å². The third-order valence-corrected chi connectivity index (χ3v) is 4.62. The van der Waals surface area contributed by atoms with E-state index in [1.165, 1.54) is 0 Å². The van der Waals surface area contributed by atoms with Crippen molar-refractivity contribution in [1.29, 1.82) is 0 Å². The number of hydrogen-bond donors (Lipinski definition) is 0. The van der Waals surface area contributed by atoms with Gasteiger partial charge >= 0.3 is 5.97 Å². The molecule has 0 spiro atoms. The minimum atomic E-state index is -0.441. The van der Waals surface area contributed by atoms with Gasteiger partial charge in [-0.25, -0.2) is 14.8 Å². The first-order valence-electron chi connectivity index (χ1n) is 8.90. The molecule has 6 nitrogen and oxygen atoms in total. The summed E-state index contributed by atoms with van der Waals surface area (Å²) in [5, 5.41) is 0.818. The van der Waals surface area contributed by atoms with Crippen LogP contribution in [0.15, 0.2) is 48.5 Å². The highest BCUT2D eigenvalue weighted by Gasteiger charge is 2.15. The van der Waals surface area contributed by atoms with Gasteiger partial charge in [-0.1, -0.05) is 12.1 Å². The summed E-state index contributed by atoms with van der Waals surface area (Å²) in [6.07, 6.45) is 0. The van der Waals surface area contributed by atoms with E-state index in [0.717, 1.165) is 27.6 Å². The number of fused-ring (bicyclic) bond motifs is 2. The Morgan fingerprint density at radius 1 is 0.893 bits per heavy atom. The number of hydrogen-bond acceptors (Lipinski definition) is 6. The number of benzene rings is 2. The minimum absolute atomic E-state index is 0.0537. The van der Waals surface area contributed by atoms with Crippen LogP contribution in [0.3, 0.4) is 0 Å². The van der Waals surface area contributed by atoms with E-state index < -0.39 is 5.97 Å². The number of rotatable bonds is 4. The second-order valence-corrected chi connectivity index (χ2v) is 6.50. The van der Waals surface area contributed by atoms with E-state index in [2.05, 4.69) is 15.0 Å². The Morgan fingerprint density at radius 3 is 2.36 bits per heavy atom. The smallest absolute Gasteiger partial charge is 0.340 e. The molecule has 0 atom stereocenters.